The van der Waals surface area contributed by atoms with Crippen LogP contribution in [0.4, 0.5) is 0 Å². The van der Waals surface area contributed by atoms with E-state index in [0.29, 0.717) is 30.7 Å². The Balaban J connectivity index is 0.00000338. The second kappa shape index (κ2) is 11.9. The van der Waals surface area contributed by atoms with Crippen LogP contribution in [0.25, 0.3) is 0 Å². The van der Waals surface area contributed by atoms with Crippen molar-refractivity contribution in [3.63, 3.8) is 0 Å². The van der Waals surface area contributed by atoms with E-state index in [1.807, 2.05) is 43.3 Å². The zero-order chi connectivity index (χ0) is 18.1. The molecule has 0 unspecified atom stereocenters. The van der Waals surface area contributed by atoms with Gasteiger partial charge in [-0.25, -0.2) is 0 Å². The summed E-state index contributed by atoms with van der Waals surface area (Å²) in [6.07, 6.45) is 0. The van der Waals surface area contributed by atoms with Crippen LogP contribution in [-0.2, 0) is 13.1 Å². The summed E-state index contributed by atoms with van der Waals surface area (Å²) < 4.78 is 11.0. The van der Waals surface area contributed by atoms with Crippen LogP contribution < -0.4 is 20.1 Å². The molecule has 0 heterocycles. The third kappa shape index (κ3) is 6.57. The second-order valence-corrected chi connectivity index (χ2v) is 5.71. The minimum atomic E-state index is 0. The van der Waals surface area contributed by atoms with Gasteiger partial charge < -0.3 is 20.1 Å². The Kier molecular flexibility index (Phi) is 10.2. The molecule has 7 heteroatoms. The van der Waals surface area contributed by atoms with Crippen molar-refractivity contribution in [3.8, 4) is 11.5 Å². The van der Waals surface area contributed by atoms with Crippen LogP contribution >= 0.6 is 35.6 Å². The van der Waals surface area contributed by atoms with E-state index in [0.717, 1.165) is 22.6 Å². The Bertz CT molecular complexity index is 726. The molecule has 0 saturated heterocycles. The molecule has 0 atom stereocenters. The number of methoxy groups -OCH3 is 1. The molecule has 26 heavy (non-hydrogen) atoms. The van der Waals surface area contributed by atoms with Crippen molar-refractivity contribution in [2.24, 2.45) is 4.99 Å². The van der Waals surface area contributed by atoms with Crippen LogP contribution in [0.15, 0.2) is 47.5 Å². The van der Waals surface area contributed by atoms with E-state index in [1.54, 1.807) is 20.2 Å². The Labute approximate surface area is 177 Å². The Morgan fingerprint density at radius 3 is 2.31 bits per heavy atom. The highest BCUT2D eigenvalue weighted by molar-refractivity contribution is 14.0. The third-order valence-corrected chi connectivity index (χ3v) is 3.87. The molecule has 0 bridgehead atoms. The molecule has 0 fully saturated rings. The smallest absolute Gasteiger partial charge is 0.191 e. The molecule has 142 valence electrons. The highest BCUT2D eigenvalue weighted by Crippen LogP contribution is 2.23. The number of rotatable bonds is 7. The van der Waals surface area contributed by atoms with Gasteiger partial charge in [-0.3, -0.25) is 4.99 Å². The van der Waals surface area contributed by atoms with E-state index < -0.39 is 0 Å². The van der Waals surface area contributed by atoms with Crippen LogP contribution in [0.2, 0.25) is 5.02 Å². The van der Waals surface area contributed by atoms with Crippen LogP contribution in [0.3, 0.4) is 0 Å². The molecular formula is C19H25ClIN3O2. The first-order chi connectivity index (χ1) is 12.2. The van der Waals surface area contributed by atoms with E-state index in [9.17, 15) is 0 Å². The number of halogens is 2. The van der Waals surface area contributed by atoms with Crippen molar-refractivity contribution < 1.29 is 9.47 Å². The number of aliphatic imine (C=N–C) groups is 1. The average Bonchev–Trinajstić information content (AvgIpc) is 2.64. The predicted molar refractivity (Wildman–Crippen MR) is 118 cm³/mol. The predicted octanol–water partition coefficient (Wildman–Crippen LogP) is 4.23. The van der Waals surface area contributed by atoms with Gasteiger partial charge in [0.25, 0.3) is 0 Å². The Hall–Kier alpha value is -1.67. The van der Waals surface area contributed by atoms with E-state index >= 15 is 0 Å². The number of hydrogen-bond acceptors (Lipinski definition) is 3. The number of guanidine groups is 1. The molecule has 0 aliphatic rings. The number of hydrogen-bond donors (Lipinski definition) is 2. The maximum atomic E-state index is 6.00. The molecule has 0 aromatic heterocycles. The number of benzene rings is 2. The molecule has 2 rings (SSSR count). The molecule has 0 amide bonds. The van der Waals surface area contributed by atoms with Gasteiger partial charge in [0.2, 0.25) is 0 Å². The van der Waals surface area contributed by atoms with Gasteiger partial charge in [0, 0.05) is 36.3 Å². The SMILES string of the molecule is CCOc1ccccc1CNC(=NC)NCc1ccc(Cl)cc1OC.I. The zero-order valence-electron chi connectivity index (χ0n) is 15.2. The summed E-state index contributed by atoms with van der Waals surface area (Å²) >= 11 is 6.00. The second-order valence-electron chi connectivity index (χ2n) is 5.28. The van der Waals surface area contributed by atoms with E-state index in [2.05, 4.69) is 15.6 Å². The summed E-state index contributed by atoms with van der Waals surface area (Å²) in [7, 11) is 3.37. The first-order valence-electron chi connectivity index (χ1n) is 8.15. The standard InChI is InChI=1S/C19H24ClN3O2.HI/c1-4-25-17-8-6-5-7-14(17)12-22-19(21-2)23-13-15-9-10-16(20)11-18(15)24-3;/h5-11H,4,12-13H2,1-3H3,(H2,21,22,23);1H. The number of para-hydroxylation sites is 1. The first kappa shape index (κ1) is 22.4. The topological polar surface area (TPSA) is 54.9 Å². The fourth-order valence-electron chi connectivity index (χ4n) is 2.39. The Morgan fingerprint density at radius 2 is 1.69 bits per heavy atom. The van der Waals surface area contributed by atoms with Crippen LogP contribution in [0, 0.1) is 0 Å². The van der Waals surface area contributed by atoms with Crippen molar-refractivity contribution in [2.75, 3.05) is 20.8 Å². The van der Waals surface area contributed by atoms with Gasteiger partial charge in [0.05, 0.1) is 13.7 Å². The fourth-order valence-corrected chi connectivity index (χ4v) is 2.55. The van der Waals surface area contributed by atoms with Crippen molar-refractivity contribution in [1.82, 2.24) is 10.6 Å². The van der Waals surface area contributed by atoms with E-state index in [1.165, 1.54) is 0 Å². The zero-order valence-corrected chi connectivity index (χ0v) is 18.3. The van der Waals surface area contributed by atoms with Crippen LogP contribution in [0.5, 0.6) is 11.5 Å². The number of nitrogens with zero attached hydrogens (tertiary/aromatic N) is 1. The molecule has 0 saturated carbocycles. The maximum absolute atomic E-state index is 6.00. The molecule has 2 N–H and O–H groups in total. The number of ether oxygens (including phenoxy) is 2. The van der Waals surface area contributed by atoms with Gasteiger partial charge in [-0.15, -0.1) is 24.0 Å². The lowest BCUT2D eigenvalue weighted by Gasteiger charge is -2.15. The van der Waals surface area contributed by atoms with Gasteiger partial charge >= 0.3 is 0 Å². The monoisotopic (exact) mass is 489 g/mol. The van der Waals surface area contributed by atoms with Crippen molar-refractivity contribution >= 4 is 41.5 Å². The normalized spacial score (nSPS) is 10.7. The van der Waals surface area contributed by atoms with Crippen molar-refractivity contribution in [1.29, 1.82) is 0 Å². The van der Waals surface area contributed by atoms with Crippen molar-refractivity contribution in [3.05, 3.63) is 58.6 Å². The molecule has 0 aliphatic carbocycles. The van der Waals surface area contributed by atoms with Crippen LogP contribution in [0.1, 0.15) is 18.1 Å². The summed E-state index contributed by atoms with van der Waals surface area (Å²) in [5.74, 6) is 2.33. The van der Waals surface area contributed by atoms with Gasteiger partial charge in [-0.05, 0) is 25.1 Å². The van der Waals surface area contributed by atoms with E-state index in [-0.39, 0.29) is 24.0 Å². The maximum Gasteiger partial charge on any atom is 0.191 e. The number of nitrogens with one attached hydrogen (secondary N) is 2. The van der Waals surface area contributed by atoms with Crippen molar-refractivity contribution in [2.45, 2.75) is 20.0 Å². The molecular weight excluding hydrogens is 465 g/mol. The summed E-state index contributed by atoms with van der Waals surface area (Å²) in [4.78, 5) is 4.25. The lowest BCUT2D eigenvalue weighted by atomic mass is 10.2. The lowest BCUT2D eigenvalue weighted by Crippen LogP contribution is -2.36. The minimum Gasteiger partial charge on any atom is -0.496 e. The largest absolute Gasteiger partial charge is 0.496 e. The first-order valence-corrected chi connectivity index (χ1v) is 8.53. The fraction of sp³-hybridized carbons (Fsp3) is 0.316. The quantitative estimate of drug-likeness (QED) is 0.347. The van der Waals surface area contributed by atoms with E-state index in [4.69, 9.17) is 21.1 Å². The summed E-state index contributed by atoms with van der Waals surface area (Å²) in [5.41, 5.74) is 2.08. The summed E-state index contributed by atoms with van der Waals surface area (Å²) in [6, 6.07) is 13.5. The molecule has 2 aromatic rings. The molecule has 0 radical (unpaired) electrons. The Morgan fingerprint density at radius 1 is 1.04 bits per heavy atom. The summed E-state index contributed by atoms with van der Waals surface area (Å²) in [6.45, 7) is 3.81. The minimum absolute atomic E-state index is 0. The molecule has 2 aromatic carbocycles. The van der Waals surface area contributed by atoms with Gasteiger partial charge in [-0.2, -0.15) is 0 Å². The lowest BCUT2D eigenvalue weighted by molar-refractivity contribution is 0.336. The molecule has 0 aliphatic heterocycles. The van der Waals surface area contributed by atoms with Crippen LogP contribution in [-0.4, -0.2) is 26.7 Å². The van der Waals surface area contributed by atoms with Gasteiger partial charge in [0.15, 0.2) is 5.96 Å². The highest BCUT2D eigenvalue weighted by Gasteiger charge is 2.07. The van der Waals surface area contributed by atoms with Gasteiger partial charge in [-0.1, -0.05) is 35.9 Å². The van der Waals surface area contributed by atoms with Gasteiger partial charge in [0.1, 0.15) is 11.5 Å². The average molecular weight is 490 g/mol. The summed E-state index contributed by atoms with van der Waals surface area (Å²) in [5, 5.41) is 7.22. The molecule has 5 nitrogen and oxygen atoms in total. The highest BCUT2D eigenvalue weighted by atomic mass is 127. The molecule has 0 spiro atoms. The third-order valence-electron chi connectivity index (χ3n) is 3.64.